The first kappa shape index (κ1) is 38.5. The number of nitrogens with zero attached hydrogens (tertiary/aromatic N) is 8. The van der Waals surface area contributed by atoms with E-state index in [0.717, 1.165) is 6.42 Å². The number of imidazole rings is 2. The first-order chi connectivity index (χ1) is 27.4. The zero-order valence-electron chi connectivity index (χ0n) is 32.1. The number of fused-ring (bicyclic) bond motifs is 2. The van der Waals surface area contributed by atoms with Gasteiger partial charge < -0.3 is 30.1 Å². The Hall–Kier alpha value is -6.82. The predicted octanol–water partition coefficient (Wildman–Crippen LogP) is 3.81. The van der Waals surface area contributed by atoms with E-state index in [-0.39, 0.29) is 36.1 Å². The summed E-state index contributed by atoms with van der Waals surface area (Å²) in [6.07, 6.45) is 4.50. The van der Waals surface area contributed by atoms with Crippen molar-refractivity contribution in [2.75, 3.05) is 30.5 Å². The number of carbonyl (C=O) groups is 4. The second-order valence-corrected chi connectivity index (χ2v) is 13.8. The highest BCUT2D eigenvalue weighted by molar-refractivity contribution is 6.05. The number of anilines is 2. The molecule has 1 saturated heterocycles. The van der Waals surface area contributed by atoms with E-state index in [1.807, 2.05) is 39.8 Å². The van der Waals surface area contributed by atoms with Crippen LogP contribution in [0.3, 0.4) is 0 Å². The number of aromatic nitrogens is 8. The van der Waals surface area contributed by atoms with Crippen molar-refractivity contribution in [2.45, 2.75) is 60.3 Å². The smallest absolute Gasteiger partial charge is 0.276 e. The average molecular weight is 777 g/mol. The van der Waals surface area contributed by atoms with Crippen LogP contribution in [0, 0.1) is 19.8 Å². The molecule has 4 aromatic heterocycles. The van der Waals surface area contributed by atoms with Crippen molar-refractivity contribution in [1.29, 1.82) is 0 Å². The van der Waals surface area contributed by atoms with Crippen molar-refractivity contribution in [2.24, 2.45) is 17.4 Å². The van der Waals surface area contributed by atoms with Gasteiger partial charge in [0.25, 0.3) is 11.8 Å². The average Bonchev–Trinajstić information content (AvgIpc) is 3.92. The van der Waals surface area contributed by atoms with Gasteiger partial charge in [-0.05, 0) is 76.6 Å². The van der Waals surface area contributed by atoms with Gasteiger partial charge in [0, 0.05) is 43.2 Å². The van der Waals surface area contributed by atoms with Gasteiger partial charge in [-0.1, -0.05) is 12.2 Å². The normalized spacial score (nSPS) is 13.1. The largest absolute Gasteiger partial charge is 0.491 e. The molecule has 5 heterocycles. The molecular weight excluding hydrogens is 733 g/mol. The lowest BCUT2D eigenvalue weighted by Gasteiger charge is -2.25. The number of benzene rings is 2. The monoisotopic (exact) mass is 776 g/mol. The summed E-state index contributed by atoms with van der Waals surface area (Å²) in [5, 5.41) is 14.7. The highest BCUT2D eigenvalue weighted by Crippen LogP contribution is 2.32. The summed E-state index contributed by atoms with van der Waals surface area (Å²) in [5.74, 6) is -0.845. The van der Waals surface area contributed by atoms with E-state index in [2.05, 4.69) is 25.8 Å². The second-order valence-electron chi connectivity index (χ2n) is 13.8. The number of amides is 4. The van der Waals surface area contributed by atoms with Gasteiger partial charge in [0.05, 0.1) is 47.8 Å². The van der Waals surface area contributed by atoms with Gasteiger partial charge >= 0.3 is 0 Å². The molecule has 18 heteroatoms. The summed E-state index contributed by atoms with van der Waals surface area (Å²) in [5.41, 5.74) is 15.9. The molecule has 1 aliphatic heterocycles. The molecule has 0 radical (unpaired) electrons. The Kier molecular flexibility index (Phi) is 10.9. The lowest BCUT2D eigenvalue weighted by atomic mass is 10.1. The van der Waals surface area contributed by atoms with Crippen molar-refractivity contribution >= 4 is 57.6 Å². The highest BCUT2D eigenvalue weighted by Gasteiger charge is 2.24. The number of hydrogen-bond donors (Lipinski definition) is 4. The number of ether oxygens (including phenoxy) is 2. The maximum atomic E-state index is 13.7. The van der Waals surface area contributed by atoms with E-state index in [0.29, 0.717) is 89.4 Å². The molecule has 6 N–H and O–H groups in total. The van der Waals surface area contributed by atoms with Gasteiger partial charge in [-0.25, -0.2) is 9.97 Å². The molecule has 57 heavy (non-hydrogen) atoms. The van der Waals surface area contributed by atoms with Gasteiger partial charge in [-0.3, -0.25) is 39.2 Å². The Morgan fingerprint density at radius 3 is 1.91 bits per heavy atom. The molecule has 4 amide bonds. The number of allylic oxidation sites excluding steroid dienone is 2. The van der Waals surface area contributed by atoms with Gasteiger partial charge in [-0.2, -0.15) is 10.2 Å². The third-order valence-corrected chi connectivity index (χ3v) is 9.68. The van der Waals surface area contributed by atoms with Crippen LogP contribution in [0.15, 0.2) is 54.6 Å². The van der Waals surface area contributed by atoms with Crippen molar-refractivity contribution in [1.82, 2.24) is 38.7 Å². The van der Waals surface area contributed by atoms with Crippen LogP contribution < -0.4 is 26.8 Å². The van der Waals surface area contributed by atoms with Gasteiger partial charge in [-0.15, -0.1) is 0 Å². The molecule has 6 aromatic rings. The first-order valence-electron chi connectivity index (χ1n) is 18.6. The molecule has 0 atom stereocenters. The number of hydrogen-bond acceptors (Lipinski definition) is 10. The minimum absolute atomic E-state index is 0.204. The van der Waals surface area contributed by atoms with Crippen LogP contribution in [-0.2, 0) is 30.9 Å². The Balaban J connectivity index is 1.24. The van der Waals surface area contributed by atoms with E-state index in [1.54, 1.807) is 61.0 Å². The number of nitrogens with two attached hydrogens (primary N) is 2. The number of carbonyl (C=O) groups excluding carboxylic acids is 4. The van der Waals surface area contributed by atoms with Crippen molar-refractivity contribution < 1.29 is 28.7 Å². The molecule has 0 aliphatic carbocycles. The van der Waals surface area contributed by atoms with Crippen LogP contribution in [0.25, 0.3) is 22.1 Å². The molecule has 18 nitrogen and oxygen atoms in total. The standard InChI is InChI=1S/C39H44N12O6/c1-5-50-30(15-22(3)46-50)36(54)44-38-42-27-17-25(34(40)52)9-10-29(27)48(38)12-7-8-13-49-33-28(43-39(49)45-37(55)31-16-23(4)47-51(31)6-2)18-26(35(41)53)19-32(33)57-14-11-24-20-56-21-24/h7-10,15-19,24H,5-6,11-14,20-21H2,1-4H3,(H2,40,52)(H2,41,53)(H,42,44,54)(H,43,45,55)/b8-7+. The van der Waals surface area contributed by atoms with E-state index in [4.69, 9.17) is 25.9 Å². The zero-order chi connectivity index (χ0) is 40.4. The van der Waals surface area contributed by atoms with E-state index < -0.39 is 23.6 Å². The fourth-order valence-corrected chi connectivity index (χ4v) is 6.74. The van der Waals surface area contributed by atoms with Crippen LogP contribution in [0.1, 0.15) is 73.3 Å². The summed E-state index contributed by atoms with van der Waals surface area (Å²) in [4.78, 5) is 61.0. The van der Waals surface area contributed by atoms with Gasteiger partial charge in [0.1, 0.15) is 22.7 Å². The molecule has 2 aromatic carbocycles. The number of nitrogens with one attached hydrogen (secondary N) is 2. The predicted molar refractivity (Wildman–Crippen MR) is 211 cm³/mol. The van der Waals surface area contributed by atoms with E-state index in [1.165, 1.54) is 0 Å². The van der Waals surface area contributed by atoms with Crippen molar-refractivity contribution in [3.8, 4) is 5.75 Å². The zero-order valence-corrected chi connectivity index (χ0v) is 32.1. The number of aryl methyl sites for hydroxylation is 4. The summed E-state index contributed by atoms with van der Waals surface area (Å²) in [7, 11) is 0. The maximum Gasteiger partial charge on any atom is 0.276 e. The Morgan fingerprint density at radius 1 is 0.789 bits per heavy atom. The number of rotatable bonds is 16. The van der Waals surface area contributed by atoms with E-state index in [9.17, 15) is 19.2 Å². The summed E-state index contributed by atoms with van der Waals surface area (Å²) in [6, 6.07) is 11.5. The van der Waals surface area contributed by atoms with Crippen LogP contribution >= 0.6 is 0 Å². The third-order valence-electron chi connectivity index (χ3n) is 9.68. The van der Waals surface area contributed by atoms with Crippen LogP contribution in [0.5, 0.6) is 5.75 Å². The first-order valence-corrected chi connectivity index (χ1v) is 18.6. The molecular formula is C39H44N12O6. The van der Waals surface area contributed by atoms with Crippen LogP contribution in [0.2, 0.25) is 0 Å². The van der Waals surface area contributed by atoms with Crippen molar-refractivity contribution in [3.05, 3.63) is 88.5 Å². The Morgan fingerprint density at radius 2 is 1.35 bits per heavy atom. The lowest BCUT2D eigenvalue weighted by molar-refractivity contribution is -0.0400. The van der Waals surface area contributed by atoms with E-state index >= 15 is 0 Å². The molecule has 0 unspecified atom stereocenters. The molecule has 296 valence electrons. The maximum absolute atomic E-state index is 13.7. The summed E-state index contributed by atoms with van der Waals surface area (Å²) < 4.78 is 18.4. The summed E-state index contributed by atoms with van der Waals surface area (Å²) in [6.45, 7) is 10.5. The Bertz CT molecular complexity index is 2550. The molecule has 1 aliphatic rings. The highest BCUT2D eigenvalue weighted by atomic mass is 16.5. The van der Waals surface area contributed by atoms with Crippen LogP contribution in [-0.4, -0.2) is 82.1 Å². The minimum Gasteiger partial charge on any atom is -0.491 e. The Labute approximate surface area is 326 Å². The third kappa shape index (κ3) is 7.97. The van der Waals surface area contributed by atoms with Gasteiger partial charge in [0.2, 0.25) is 23.7 Å². The summed E-state index contributed by atoms with van der Waals surface area (Å²) >= 11 is 0. The molecule has 7 rings (SSSR count). The second kappa shape index (κ2) is 16.1. The van der Waals surface area contributed by atoms with Crippen LogP contribution in [0.4, 0.5) is 11.9 Å². The SMILES string of the molecule is CCn1nc(C)cc1C(=O)Nc1nc2cc(C(N)=O)ccc2n1C/C=C/Cn1c(NC(=O)c2cc(C)nn2CC)nc2cc(C(N)=O)cc(OCCC3COC3)c21. The molecule has 0 spiro atoms. The molecule has 0 bridgehead atoms. The number of primary amides is 2. The molecule has 1 fully saturated rings. The lowest BCUT2D eigenvalue weighted by Crippen LogP contribution is -2.28. The fourth-order valence-electron chi connectivity index (χ4n) is 6.74. The molecule has 0 saturated carbocycles. The topological polar surface area (TPSA) is 234 Å². The minimum atomic E-state index is -0.649. The van der Waals surface area contributed by atoms with Crippen molar-refractivity contribution in [3.63, 3.8) is 0 Å². The fraction of sp³-hybridized carbons (Fsp3) is 0.333. The van der Waals surface area contributed by atoms with Gasteiger partial charge in [0.15, 0.2) is 0 Å². The quantitative estimate of drug-likeness (QED) is 0.104.